The highest BCUT2D eigenvalue weighted by molar-refractivity contribution is 6.29. The van der Waals surface area contributed by atoms with Gasteiger partial charge in [-0.05, 0) is 12.1 Å². The number of halogens is 1. The number of hydrogen-bond acceptors (Lipinski definition) is 5. The second-order valence-corrected chi connectivity index (χ2v) is 3.63. The molecule has 0 radical (unpaired) electrons. The molecule has 0 aliphatic heterocycles. The minimum atomic E-state index is -0.232. The third-order valence-corrected chi connectivity index (χ3v) is 2.21. The average Bonchev–Trinajstić information content (AvgIpc) is 2.58. The minimum Gasteiger partial charge on any atom is -0.289 e. The van der Waals surface area contributed by atoms with Gasteiger partial charge in [-0.1, -0.05) is 11.6 Å². The molecule has 2 aromatic heterocycles. The quantitative estimate of drug-likeness (QED) is 0.678. The van der Waals surface area contributed by atoms with Gasteiger partial charge in [0.25, 0.3) is 5.56 Å². The third kappa shape index (κ3) is 2.08. The molecule has 0 bridgehead atoms. The minimum absolute atomic E-state index is 0.186. The van der Waals surface area contributed by atoms with Crippen LogP contribution in [-0.2, 0) is 13.6 Å². The van der Waals surface area contributed by atoms with E-state index in [1.807, 2.05) is 0 Å². The molecule has 2 aromatic rings. The van der Waals surface area contributed by atoms with E-state index in [0.29, 0.717) is 11.6 Å². The molecule has 0 aliphatic carbocycles. The Morgan fingerprint density at radius 3 is 2.81 bits per heavy atom. The first-order valence-corrected chi connectivity index (χ1v) is 4.91. The molecule has 0 amide bonds. The monoisotopic (exact) mass is 240 g/mol. The molecule has 0 spiro atoms. The van der Waals surface area contributed by atoms with Gasteiger partial charge in [0, 0.05) is 6.07 Å². The Balaban J connectivity index is 2.38. The smallest absolute Gasteiger partial charge is 0.255 e. The number of nitrogens with zero attached hydrogens (tertiary/aromatic N) is 6. The molecule has 0 atom stereocenters. The van der Waals surface area contributed by atoms with Crippen molar-refractivity contribution in [3.63, 3.8) is 0 Å². The van der Waals surface area contributed by atoms with Crippen molar-refractivity contribution >= 4 is 11.6 Å². The van der Waals surface area contributed by atoms with Crippen molar-refractivity contribution in [1.29, 1.82) is 0 Å². The summed E-state index contributed by atoms with van der Waals surface area (Å²) in [5.41, 5.74) is -0.232. The van der Waals surface area contributed by atoms with Crippen LogP contribution in [-0.4, -0.2) is 29.8 Å². The van der Waals surface area contributed by atoms with Gasteiger partial charge in [-0.2, -0.15) is 4.80 Å². The summed E-state index contributed by atoms with van der Waals surface area (Å²) >= 11 is 5.66. The zero-order valence-electron chi connectivity index (χ0n) is 8.75. The van der Waals surface area contributed by atoms with Crippen LogP contribution >= 0.6 is 11.6 Å². The van der Waals surface area contributed by atoms with E-state index in [1.54, 1.807) is 14.0 Å². The summed E-state index contributed by atoms with van der Waals surface area (Å²) in [7, 11) is 1.66. The normalized spacial score (nSPS) is 10.7. The fourth-order valence-corrected chi connectivity index (χ4v) is 1.52. The van der Waals surface area contributed by atoms with Gasteiger partial charge in [-0.15, -0.1) is 10.2 Å². The number of hydrogen-bond donors (Lipinski definition) is 0. The van der Waals surface area contributed by atoms with Crippen LogP contribution in [0, 0.1) is 6.92 Å². The lowest BCUT2D eigenvalue weighted by molar-refractivity contribution is 0.620. The molecule has 7 nitrogen and oxygen atoms in total. The van der Waals surface area contributed by atoms with Crippen molar-refractivity contribution in [3.8, 4) is 0 Å². The van der Waals surface area contributed by atoms with Crippen molar-refractivity contribution in [1.82, 2.24) is 29.8 Å². The van der Waals surface area contributed by atoms with E-state index < -0.39 is 0 Å². The number of aromatic nitrogens is 6. The van der Waals surface area contributed by atoms with Gasteiger partial charge >= 0.3 is 0 Å². The van der Waals surface area contributed by atoms with Gasteiger partial charge in [0.1, 0.15) is 11.0 Å². The first kappa shape index (κ1) is 10.7. The molecule has 2 heterocycles. The van der Waals surface area contributed by atoms with Crippen LogP contribution in [0.15, 0.2) is 10.9 Å². The van der Waals surface area contributed by atoms with Crippen molar-refractivity contribution in [2.75, 3.05) is 0 Å². The van der Waals surface area contributed by atoms with Crippen LogP contribution < -0.4 is 5.56 Å². The van der Waals surface area contributed by atoms with E-state index in [2.05, 4.69) is 20.4 Å². The van der Waals surface area contributed by atoms with E-state index in [4.69, 9.17) is 11.6 Å². The highest BCUT2D eigenvalue weighted by Gasteiger charge is 2.07. The van der Waals surface area contributed by atoms with Crippen molar-refractivity contribution < 1.29 is 0 Å². The van der Waals surface area contributed by atoms with E-state index >= 15 is 0 Å². The number of tetrazole rings is 1. The van der Waals surface area contributed by atoms with Gasteiger partial charge < -0.3 is 0 Å². The molecule has 2 rings (SSSR count). The first-order chi connectivity index (χ1) is 7.56. The van der Waals surface area contributed by atoms with E-state index in [9.17, 15) is 4.79 Å². The molecular formula is C8H9ClN6O. The molecule has 0 unspecified atom stereocenters. The molecule has 16 heavy (non-hydrogen) atoms. The fraction of sp³-hybridized carbons (Fsp3) is 0.375. The van der Waals surface area contributed by atoms with E-state index in [1.165, 1.54) is 15.4 Å². The number of rotatable bonds is 2. The summed E-state index contributed by atoms with van der Waals surface area (Å²) in [4.78, 5) is 16.9. The summed E-state index contributed by atoms with van der Waals surface area (Å²) < 4.78 is 1.43. The maximum atomic E-state index is 11.6. The molecule has 0 aliphatic rings. The predicted octanol–water partition coefficient (Wildman–Crippen LogP) is -0.223. The lowest BCUT2D eigenvalue weighted by Crippen LogP contribution is -2.24. The zero-order valence-corrected chi connectivity index (χ0v) is 9.51. The second-order valence-electron chi connectivity index (χ2n) is 3.25. The van der Waals surface area contributed by atoms with Crippen molar-refractivity contribution in [2.24, 2.45) is 7.05 Å². The molecule has 84 valence electrons. The molecule has 0 N–H and O–H groups in total. The number of aryl methyl sites for hydroxylation is 2. The summed E-state index contributed by atoms with van der Waals surface area (Å²) in [6, 6.07) is 1.25. The summed E-state index contributed by atoms with van der Waals surface area (Å²) in [6.45, 7) is 1.94. The fourth-order valence-electron chi connectivity index (χ4n) is 1.31. The van der Waals surface area contributed by atoms with Crippen LogP contribution in [0.4, 0.5) is 0 Å². The Bertz CT molecular complexity index is 574. The van der Waals surface area contributed by atoms with E-state index in [0.717, 1.165) is 0 Å². The first-order valence-electron chi connectivity index (χ1n) is 4.53. The van der Waals surface area contributed by atoms with Crippen LogP contribution in [0.1, 0.15) is 11.6 Å². The third-order valence-electron chi connectivity index (χ3n) is 2.02. The van der Waals surface area contributed by atoms with Crippen LogP contribution in [0.25, 0.3) is 0 Å². The second kappa shape index (κ2) is 4.01. The lowest BCUT2D eigenvalue weighted by atomic mass is 10.5. The van der Waals surface area contributed by atoms with Crippen molar-refractivity contribution in [2.45, 2.75) is 13.5 Å². The van der Waals surface area contributed by atoms with Gasteiger partial charge in [0.2, 0.25) is 0 Å². The summed E-state index contributed by atoms with van der Waals surface area (Å²) in [5.74, 6) is 0.974. The predicted molar refractivity (Wildman–Crippen MR) is 56.1 cm³/mol. The molecule has 0 saturated carbocycles. The van der Waals surface area contributed by atoms with Crippen molar-refractivity contribution in [3.05, 3.63) is 33.2 Å². The highest BCUT2D eigenvalue weighted by atomic mass is 35.5. The van der Waals surface area contributed by atoms with Crippen LogP contribution in [0.5, 0.6) is 0 Å². The molecule has 0 saturated heterocycles. The Hall–Kier alpha value is -1.76. The topological polar surface area (TPSA) is 78.5 Å². The molecule has 0 aromatic carbocycles. The van der Waals surface area contributed by atoms with Gasteiger partial charge in [-0.25, -0.2) is 4.98 Å². The van der Waals surface area contributed by atoms with Crippen LogP contribution in [0.3, 0.4) is 0 Å². The highest BCUT2D eigenvalue weighted by Crippen LogP contribution is 2.02. The molecular weight excluding hydrogens is 232 g/mol. The lowest BCUT2D eigenvalue weighted by Gasteiger charge is -2.05. The molecule has 8 heteroatoms. The largest absolute Gasteiger partial charge is 0.289 e. The zero-order chi connectivity index (χ0) is 11.7. The maximum Gasteiger partial charge on any atom is 0.255 e. The van der Waals surface area contributed by atoms with Gasteiger partial charge in [-0.3, -0.25) is 9.36 Å². The SMILES string of the molecule is Cc1nc(Cl)cc(=O)n1Cc1nnn(C)n1. The Morgan fingerprint density at radius 1 is 1.50 bits per heavy atom. The maximum absolute atomic E-state index is 11.6. The standard InChI is InChI=1S/C8H9ClN6O/c1-5-10-6(9)3-8(16)15(5)4-7-11-13-14(2)12-7/h3H,4H2,1-2H3. The summed E-state index contributed by atoms with van der Waals surface area (Å²) in [6.07, 6.45) is 0. The van der Waals surface area contributed by atoms with Gasteiger partial charge in [0.05, 0.1) is 13.6 Å². The average molecular weight is 241 g/mol. The Labute approximate surface area is 95.7 Å². The summed E-state index contributed by atoms with van der Waals surface area (Å²) in [5, 5.41) is 11.7. The van der Waals surface area contributed by atoms with Crippen LogP contribution in [0.2, 0.25) is 5.15 Å². The molecule has 0 fully saturated rings. The van der Waals surface area contributed by atoms with Gasteiger partial charge in [0.15, 0.2) is 5.82 Å². The Kier molecular flexibility index (Phi) is 2.69. The Morgan fingerprint density at radius 2 is 2.25 bits per heavy atom. The van der Waals surface area contributed by atoms with E-state index in [-0.39, 0.29) is 17.3 Å².